The van der Waals surface area contributed by atoms with Gasteiger partial charge in [0.05, 0.1) is 7.11 Å². The van der Waals surface area contributed by atoms with E-state index in [0.717, 1.165) is 25.7 Å². The lowest BCUT2D eigenvalue weighted by Gasteiger charge is -2.23. The minimum atomic E-state index is -3.74. The van der Waals surface area contributed by atoms with Gasteiger partial charge >= 0.3 is 0 Å². The number of hydrogen-bond donors (Lipinski definition) is 0. The Bertz CT molecular complexity index is 771. The molecular formula is C20H28N2O4S. The topological polar surface area (TPSA) is 66.9 Å². The molecule has 0 radical (unpaired) electrons. The average Bonchev–Trinajstić information content (AvgIpc) is 2.97. The Kier molecular flexibility index (Phi) is 7.62. The minimum Gasteiger partial charge on any atom is -0.495 e. The fourth-order valence-electron chi connectivity index (χ4n) is 3.17. The molecule has 1 aliphatic rings. The molecule has 2 rings (SSSR count). The smallest absolute Gasteiger partial charge is 0.254 e. The number of hydrogen-bond acceptors (Lipinski definition) is 4. The van der Waals surface area contributed by atoms with Crippen LogP contribution in [0.5, 0.6) is 5.75 Å². The molecule has 0 atom stereocenters. The molecule has 27 heavy (non-hydrogen) atoms. The molecule has 0 unspecified atom stereocenters. The van der Waals surface area contributed by atoms with E-state index in [-0.39, 0.29) is 16.6 Å². The number of amides is 1. The standard InChI is InChI=1S/C20H28N2O4S/c1-4-12-21(13-5-2)20(23)17-10-11-18(26-3)19(16-17)27(24,25)22-14-8-6-7-9-15-22/h4-5,10-11,16H,1-2,6-9,12-15H2,3H3. The Morgan fingerprint density at radius 2 is 1.74 bits per heavy atom. The maximum atomic E-state index is 13.2. The van der Waals surface area contributed by atoms with Gasteiger partial charge in [-0.25, -0.2) is 8.42 Å². The Balaban J connectivity index is 2.43. The van der Waals surface area contributed by atoms with E-state index in [1.807, 2.05) is 0 Å². The van der Waals surface area contributed by atoms with Crippen molar-refractivity contribution in [3.05, 3.63) is 49.1 Å². The SMILES string of the molecule is C=CCN(CC=C)C(=O)c1ccc(OC)c(S(=O)(=O)N2CCCCCC2)c1. The van der Waals surface area contributed by atoms with Crippen LogP contribution in [0.4, 0.5) is 0 Å². The van der Waals surface area contributed by atoms with E-state index in [1.54, 1.807) is 23.1 Å². The second-order valence-corrected chi connectivity index (χ2v) is 8.38. The van der Waals surface area contributed by atoms with Crippen LogP contribution in [0.2, 0.25) is 0 Å². The van der Waals surface area contributed by atoms with E-state index in [0.29, 0.717) is 31.7 Å². The van der Waals surface area contributed by atoms with Gasteiger partial charge in [0.15, 0.2) is 0 Å². The Hall–Kier alpha value is -2.12. The van der Waals surface area contributed by atoms with Gasteiger partial charge in [0.2, 0.25) is 10.0 Å². The summed E-state index contributed by atoms with van der Waals surface area (Å²) in [5.41, 5.74) is 0.299. The van der Waals surface area contributed by atoms with Crippen LogP contribution in [0, 0.1) is 0 Å². The Morgan fingerprint density at radius 1 is 1.15 bits per heavy atom. The average molecular weight is 393 g/mol. The maximum Gasteiger partial charge on any atom is 0.254 e. The van der Waals surface area contributed by atoms with E-state index in [4.69, 9.17) is 4.74 Å². The number of carbonyl (C=O) groups excluding carboxylic acids is 1. The Labute approximate surface area is 162 Å². The predicted molar refractivity (Wildman–Crippen MR) is 107 cm³/mol. The molecule has 0 spiro atoms. The first-order valence-corrected chi connectivity index (χ1v) is 10.6. The van der Waals surface area contributed by atoms with Gasteiger partial charge in [-0.3, -0.25) is 4.79 Å². The molecule has 0 bridgehead atoms. The molecule has 148 valence electrons. The van der Waals surface area contributed by atoms with Crippen molar-refractivity contribution in [3.8, 4) is 5.75 Å². The van der Waals surface area contributed by atoms with Crippen LogP contribution < -0.4 is 4.74 Å². The first-order valence-electron chi connectivity index (χ1n) is 9.15. The zero-order chi connectivity index (χ0) is 19.9. The summed E-state index contributed by atoms with van der Waals surface area (Å²) in [5.74, 6) is -0.0282. The fraction of sp³-hybridized carbons (Fsp3) is 0.450. The summed E-state index contributed by atoms with van der Waals surface area (Å²) in [7, 11) is -2.31. The molecule has 0 N–H and O–H groups in total. The van der Waals surface area contributed by atoms with Crippen molar-refractivity contribution in [3.63, 3.8) is 0 Å². The zero-order valence-electron chi connectivity index (χ0n) is 15.9. The molecule has 6 nitrogen and oxygen atoms in total. The number of sulfonamides is 1. The first kappa shape index (κ1) is 21.2. The molecule has 0 aromatic heterocycles. The summed E-state index contributed by atoms with van der Waals surface area (Å²) in [6.07, 6.45) is 6.98. The van der Waals surface area contributed by atoms with Gasteiger partial charge in [0, 0.05) is 31.7 Å². The summed E-state index contributed by atoms with van der Waals surface area (Å²) in [6.45, 7) is 9.01. The van der Waals surface area contributed by atoms with Crippen molar-refractivity contribution in [2.24, 2.45) is 0 Å². The van der Waals surface area contributed by atoms with Crippen LogP contribution in [-0.2, 0) is 10.0 Å². The van der Waals surface area contributed by atoms with Crippen LogP contribution in [0.25, 0.3) is 0 Å². The second-order valence-electron chi connectivity index (χ2n) is 6.47. The van der Waals surface area contributed by atoms with Crippen LogP contribution in [0.1, 0.15) is 36.0 Å². The molecular weight excluding hydrogens is 364 g/mol. The molecule has 0 saturated carbocycles. The molecule has 1 aromatic carbocycles. The normalized spacial score (nSPS) is 15.6. The van der Waals surface area contributed by atoms with Gasteiger partial charge in [0.1, 0.15) is 10.6 Å². The largest absolute Gasteiger partial charge is 0.495 e. The lowest BCUT2D eigenvalue weighted by atomic mass is 10.2. The van der Waals surface area contributed by atoms with Gasteiger partial charge in [-0.2, -0.15) is 4.31 Å². The van der Waals surface area contributed by atoms with Crippen molar-refractivity contribution >= 4 is 15.9 Å². The first-order chi connectivity index (χ1) is 13.0. The van der Waals surface area contributed by atoms with E-state index in [1.165, 1.54) is 23.5 Å². The van der Waals surface area contributed by atoms with Crippen molar-refractivity contribution < 1.29 is 17.9 Å². The quantitative estimate of drug-likeness (QED) is 0.638. The number of ether oxygens (including phenoxy) is 1. The molecule has 1 saturated heterocycles. The third-order valence-electron chi connectivity index (χ3n) is 4.58. The summed E-state index contributed by atoms with van der Waals surface area (Å²) in [5, 5.41) is 0. The van der Waals surface area contributed by atoms with Crippen LogP contribution in [0.15, 0.2) is 48.4 Å². The van der Waals surface area contributed by atoms with Crippen molar-refractivity contribution in [2.75, 3.05) is 33.3 Å². The van der Waals surface area contributed by atoms with Gasteiger partial charge in [-0.05, 0) is 31.0 Å². The third kappa shape index (κ3) is 4.99. The van der Waals surface area contributed by atoms with E-state index < -0.39 is 10.0 Å². The predicted octanol–water partition coefficient (Wildman–Crippen LogP) is 3.07. The highest BCUT2D eigenvalue weighted by Crippen LogP contribution is 2.29. The van der Waals surface area contributed by atoms with Gasteiger partial charge in [0.25, 0.3) is 5.91 Å². The van der Waals surface area contributed by atoms with Gasteiger partial charge in [-0.1, -0.05) is 25.0 Å². The van der Waals surface area contributed by atoms with Crippen LogP contribution in [0.3, 0.4) is 0 Å². The number of methoxy groups -OCH3 is 1. The number of nitrogens with zero attached hydrogens (tertiary/aromatic N) is 2. The van der Waals surface area contributed by atoms with Crippen LogP contribution >= 0.6 is 0 Å². The van der Waals surface area contributed by atoms with Crippen molar-refractivity contribution in [2.45, 2.75) is 30.6 Å². The van der Waals surface area contributed by atoms with Gasteiger partial charge in [-0.15, -0.1) is 13.2 Å². The molecule has 1 heterocycles. The third-order valence-corrected chi connectivity index (χ3v) is 6.50. The fourth-order valence-corrected chi connectivity index (χ4v) is 4.87. The van der Waals surface area contributed by atoms with Gasteiger partial charge < -0.3 is 9.64 Å². The van der Waals surface area contributed by atoms with E-state index in [9.17, 15) is 13.2 Å². The highest BCUT2D eigenvalue weighted by molar-refractivity contribution is 7.89. The maximum absolute atomic E-state index is 13.2. The lowest BCUT2D eigenvalue weighted by Crippen LogP contribution is -2.33. The summed E-state index contributed by atoms with van der Waals surface area (Å²) < 4.78 is 33.2. The van der Waals surface area contributed by atoms with Crippen molar-refractivity contribution in [1.82, 2.24) is 9.21 Å². The lowest BCUT2D eigenvalue weighted by molar-refractivity contribution is 0.0790. The summed E-state index contributed by atoms with van der Waals surface area (Å²) in [4.78, 5) is 14.4. The monoisotopic (exact) mass is 392 g/mol. The molecule has 1 fully saturated rings. The minimum absolute atomic E-state index is 0.0370. The molecule has 7 heteroatoms. The molecule has 0 aliphatic carbocycles. The Morgan fingerprint density at radius 3 is 2.26 bits per heavy atom. The second kappa shape index (κ2) is 9.71. The molecule has 1 aromatic rings. The summed E-state index contributed by atoms with van der Waals surface area (Å²) in [6, 6.07) is 4.54. The number of carbonyl (C=O) groups is 1. The van der Waals surface area contributed by atoms with Crippen molar-refractivity contribution in [1.29, 1.82) is 0 Å². The number of rotatable bonds is 8. The molecule has 1 aliphatic heterocycles. The number of benzene rings is 1. The van der Waals surface area contributed by atoms with E-state index >= 15 is 0 Å². The summed E-state index contributed by atoms with van der Waals surface area (Å²) >= 11 is 0. The molecule has 1 amide bonds. The highest BCUT2D eigenvalue weighted by atomic mass is 32.2. The zero-order valence-corrected chi connectivity index (χ0v) is 16.7. The highest BCUT2D eigenvalue weighted by Gasteiger charge is 2.29. The van der Waals surface area contributed by atoms with E-state index in [2.05, 4.69) is 13.2 Å². The van der Waals surface area contributed by atoms with Crippen LogP contribution in [-0.4, -0.2) is 56.8 Å².